The maximum absolute atomic E-state index is 11.9. The van der Waals surface area contributed by atoms with Crippen molar-refractivity contribution in [2.24, 2.45) is 5.41 Å². The van der Waals surface area contributed by atoms with E-state index in [0.717, 1.165) is 18.0 Å². The molecule has 1 aliphatic heterocycles. The molecule has 2 atom stereocenters. The van der Waals surface area contributed by atoms with Gasteiger partial charge in [0.15, 0.2) is 0 Å². The van der Waals surface area contributed by atoms with Gasteiger partial charge in [-0.3, -0.25) is 9.69 Å². The molecule has 2 rings (SSSR count). The van der Waals surface area contributed by atoms with Gasteiger partial charge in [0.25, 0.3) is 0 Å². The minimum Gasteiger partial charge on any atom is -0.299 e. The molecule has 1 fully saturated rings. The molecule has 0 aromatic heterocycles. The zero-order valence-electron chi connectivity index (χ0n) is 10.5. The number of carbonyl (C=O) groups excluding carboxylic acids is 1. The van der Waals surface area contributed by atoms with E-state index < -0.39 is 0 Å². The Bertz CT molecular complexity index is 428. The van der Waals surface area contributed by atoms with E-state index >= 15 is 0 Å². The maximum Gasteiger partial charge on any atom is 0.137 e. The Kier molecular flexibility index (Phi) is 3.28. The van der Waals surface area contributed by atoms with Crippen LogP contribution in [-0.2, 0) is 4.79 Å². The number of hydrogen-bond donors (Lipinski definition) is 0. The fourth-order valence-electron chi connectivity index (χ4n) is 2.80. The van der Waals surface area contributed by atoms with Crippen molar-refractivity contribution in [1.82, 2.24) is 4.90 Å². The van der Waals surface area contributed by atoms with Gasteiger partial charge in [0, 0.05) is 16.5 Å². The Labute approximate surface area is 108 Å². The summed E-state index contributed by atoms with van der Waals surface area (Å²) in [6.45, 7) is 4.73. The molecule has 0 unspecified atom stereocenters. The molecule has 0 radical (unpaired) electrons. The second kappa shape index (κ2) is 4.43. The molecular weight excluding hydrogens is 234 g/mol. The highest BCUT2D eigenvalue weighted by Gasteiger charge is 2.46. The number of hydrogen-bond acceptors (Lipinski definition) is 2. The van der Waals surface area contributed by atoms with Gasteiger partial charge in [-0.25, -0.2) is 0 Å². The summed E-state index contributed by atoms with van der Waals surface area (Å²) in [7, 11) is 2.08. The van der Waals surface area contributed by atoms with Gasteiger partial charge >= 0.3 is 0 Å². The molecule has 0 amide bonds. The molecule has 0 spiro atoms. The van der Waals surface area contributed by atoms with Crippen molar-refractivity contribution in [1.29, 1.82) is 0 Å². The SMILES string of the molecule is CC(=O)[C@@]1(C)CCN(C)[C@@H]1c1ccc(Cl)cc1. The highest BCUT2D eigenvalue weighted by Crippen LogP contribution is 2.46. The molecule has 1 aromatic rings. The summed E-state index contributed by atoms with van der Waals surface area (Å²) in [6, 6.07) is 8.00. The smallest absolute Gasteiger partial charge is 0.137 e. The highest BCUT2D eigenvalue weighted by molar-refractivity contribution is 6.30. The number of benzene rings is 1. The zero-order valence-corrected chi connectivity index (χ0v) is 11.3. The van der Waals surface area contributed by atoms with Crippen molar-refractivity contribution < 1.29 is 4.79 Å². The van der Waals surface area contributed by atoms with Crippen molar-refractivity contribution in [2.75, 3.05) is 13.6 Å². The number of rotatable bonds is 2. The minimum atomic E-state index is -0.275. The average Bonchev–Trinajstić information content (AvgIpc) is 2.58. The van der Waals surface area contributed by atoms with Crippen LogP contribution >= 0.6 is 11.6 Å². The lowest BCUT2D eigenvalue weighted by atomic mass is 9.76. The molecule has 2 nitrogen and oxygen atoms in total. The number of ketones is 1. The monoisotopic (exact) mass is 251 g/mol. The van der Waals surface area contributed by atoms with Crippen LogP contribution in [0.2, 0.25) is 5.02 Å². The molecule has 1 saturated heterocycles. The number of halogens is 1. The molecule has 1 aliphatic rings. The normalized spacial score (nSPS) is 29.5. The van der Waals surface area contributed by atoms with Crippen molar-refractivity contribution in [3.05, 3.63) is 34.9 Å². The Morgan fingerprint density at radius 3 is 2.53 bits per heavy atom. The van der Waals surface area contributed by atoms with Gasteiger partial charge in [0.05, 0.1) is 0 Å². The second-order valence-electron chi connectivity index (χ2n) is 5.16. The summed E-state index contributed by atoms with van der Waals surface area (Å²) >= 11 is 5.91. The van der Waals surface area contributed by atoms with Gasteiger partial charge < -0.3 is 0 Å². The van der Waals surface area contributed by atoms with E-state index in [4.69, 9.17) is 11.6 Å². The summed E-state index contributed by atoms with van der Waals surface area (Å²) in [6.07, 6.45) is 0.923. The van der Waals surface area contributed by atoms with Crippen LogP contribution in [0.5, 0.6) is 0 Å². The van der Waals surface area contributed by atoms with Crippen molar-refractivity contribution in [3.8, 4) is 0 Å². The molecule has 17 heavy (non-hydrogen) atoms. The third kappa shape index (κ3) is 2.12. The lowest BCUT2D eigenvalue weighted by molar-refractivity contribution is -0.127. The summed E-state index contributed by atoms with van der Waals surface area (Å²) in [4.78, 5) is 14.2. The van der Waals surface area contributed by atoms with E-state index in [2.05, 4.69) is 18.9 Å². The van der Waals surface area contributed by atoms with Crippen molar-refractivity contribution >= 4 is 17.4 Å². The topological polar surface area (TPSA) is 20.3 Å². The van der Waals surface area contributed by atoms with Crippen molar-refractivity contribution in [3.63, 3.8) is 0 Å². The quantitative estimate of drug-likeness (QED) is 0.804. The van der Waals surface area contributed by atoms with E-state index in [1.807, 2.05) is 24.3 Å². The van der Waals surface area contributed by atoms with Crippen molar-refractivity contribution in [2.45, 2.75) is 26.3 Å². The van der Waals surface area contributed by atoms with Gasteiger partial charge in [-0.15, -0.1) is 0 Å². The molecular formula is C14H18ClNO. The van der Waals surface area contributed by atoms with Crippen LogP contribution in [-0.4, -0.2) is 24.3 Å². The van der Waals surface area contributed by atoms with E-state index in [0.29, 0.717) is 0 Å². The molecule has 92 valence electrons. The molecule has 0 aliphatic carbocycles. The highest BCUT2D eigenvalue weighted by atomic mass is 35.5. The standard InChI is InChI=1S/C14H18ClNO/c1-10(17)14(2)8-9-16(3)13(14)11-4-6-12(15)7-5-11/h4-7,13H,8-9H2,1-3H3/t13-,14-/m1/s1. The fraction of sp³-hybridized carbons (Fsp3) is 0.500. The third-order valence-electron chi connectivity index (χ3n) is 4.02. The number of Topliss-reactive ketones (excluding diaryl/α,β-unsaturated/α-hetero) is 1. The summed E-state index contributed by atoms with van der Waals surface area (Å²) < 4.78 is 0. The van der Waals surface area contributed by atoms with Gasteiger partial charge in [-0.1, -0.05) is 30.7 Å². The minimum absolute atomic E-state index is 0.164. The van der Waals surface area contributed by atoms with Crippen LogP contribution in [0.25, 0.3) is 0 Å². The largest absolute Gasteiger partial charge is 0.299 e. The van der Waals surface area contributed by atoms with E-state index in [-0.39, 0.29) is 17.2 Å². The summed E-state index contributed by atoms with van der Waals surface area (Å²) in [5, 5.41) is 0.735. The van der Waals surface area contributed by atoms with Gasteiger partial charge in [0.1, 0.15) is 5.78 Å². The Balaban J connectivity index is 2.40. The van der Waals surface area contributed by atoms with Crippen LogP contribution in [0.1, 0.15) is 31.9 Å². The predicted molar refractivity (Wildman–Crippen MR) is 70.2 cm³/mol. The first-order chi connectivity index (χ1) is 7.95. The Morgan fingerprint density at radius 2 is 2.00 bits per heavy atom. The van der Waals surface area contributed by atoms with Gasteiger partial charge in [0.2, 0.25) is 0 Å². The van der Waals surface area contributed by atoms with E-state index in [1.165, 1.54) is 5.56 Å². The van der Waals surface area contributed by atoms with Gasteiger partial charge in [-0.05, 0) is 44.6 Å². The predicted octanol–water partition coefficient (Wildman–Crippen LogP) is 3.31. The first-order valence-electron chi connectivity index (χ1n) is 5.92. The molecule has 1 heterocycles. The fourth-order valence-corrected chi connectivity index (χ4v) is 2.92. The van der Waals surface area contributed by atoms with E-state index in [9.17, 15) is 4.79 Å². The average molecular weight is 252 g/mol. The van der Waals surface area contributed by atoms with Gasteiger partial charge in [-0.2, -0.15) is 0 Å². The first kappa shape index (κ1) is 12.6. The van der Waals surface area contributed by atoms with Crippen LogP contribution < -0.4 is 0 Å². The van der Waals surface area contributed by atoms with Crippen LogP contribution in [0.4, 0.5) is 0 Å². The lowest BCUT2D eigenvalue weighted by Crippen LogP contribution is -2.33. The lowest BCUT2D eigenvalue weighted by Gasteiger charge is -2.32. The Hall–Kier alpha value is -0.860. The number of carbonyl (C=O) groups is 1. The van der Waals surface area contributed by atoms with E-state index in [1.54, 1.807) is 6.92 Å². The third-order valence-corrected chi connectivity index (χ3v) is 4.27. The molecule has 0 saturated carbocycles. The Morgan fingerprint density at radius 1 is 1.41 bits per heavy atom. The molecule has 0 N–H and O–H groups in total. The van der Waals surface area contributed by atoms with Crippen LogP contribution in [0.15, 0.2) is 24.3 Å². The molecule has 3 heteroatoms. The number of nitrogens with zero attached hydrogens (tertiary/aromatic N) is 1. The second-order valence-corrected chi connectivity index (χ2v) is 5.59. The van der Waals surface area contributed by atoms with Crippen LogP contribution in [0, 0.1) is 5.41 Å². The van der Waals surface area contributed by atoms with Crippen LogP contribution in [0.3, 0.4) is 0 Å². The first-order valence-corrected chi connectivity index (χ1v) is 6.29. The summed E-state index contributed by atoms with van der Waals surface area (Å²) in [5.41, 5.74) is 0.898. The summed E-state index contributed by atoms with van der Waals surface area (Å²) in [5.74, 6) is 0.266. The number of likely N-dealkylation sites (tertiary alicyclic amines) is 1. The maximum atomic E-state index is 11.9. The zero-order chi connectivity index (χ0) is 12.6. The molecule has 0 bridgehead atoms. The molecule has 1 aromatic carbocycles.